The minimum absolute atomic E-state index is 0.0273. The second-order valence-electron chi connectivity index (χ2n) is 7.98. The van der Waals surface area contributed by atoms with Crippen LogP contribution in [0.3, 0.4) is 0 Å². The largest absolute Gasteiger partial charge is 0.496 e. The molecular formula is C26H25ClO5. The van der Waals surface area contributed by atoms with E-state index in [1.165, 1.54) is 7.11 Å². The van der Waals surface area contributed by atoms with E-state index in [0.29, 0.717) is 40.5 Å². The molecule has 0 radical (unpaired) electrons. The van der Waals surface area contributed by atoms with Crippen LogP contribution in [-0.4, -0.2) is 32.4 Å². The maximum atomic E-state index is 13.2. The second kappa shape index (κ2) is 9.31. The summed E-state index contributed by atoms with van der Waals surface area (Å²) in [6.07, 6.45) is 0.574. The van der Waals surface area contributed by atoms with Crippen molar-refractivity contribution in [1.29, 1.82) is 0 Å². The standard InChI is InChI=1S/C26H25ClO5/c1-15-18-11-17(21(29)14-32-13-16-7-5-4-6-8-16)12-20(28)24(18)26(31-3)25-22(30-2)10-9-19(27)23(15)25/h4-10,17H,11-14H2,1-3H3/t17-/m0/s1. The quantitative estimate of drug-likeness (QED) is 0.483. The van der Waals surface area contributed by atoms with Gasteiger partial charge in [0.1, 0.15) is 18.1 Å². The van der Waals surface area contributed by atoms with Crippen LogP contribution in [0, 0.1) is 12.8 Å². The van der Waals surface area contributed by atoms with Gasteiger partial charge in [-0.2, -0.15) is 0 Å². The number of halogens is 1. The van der Waals surface area contributed by atoms with Crippen LogP contribution in [0.2, 0.25) is 5.02 Å². The molecule has 1 atom stereocenters. The average molecular weight is 453 g/mol. The van der Waals surface area contributed by atoms with Gasteiger partial charge in [0.15, 0.2) is 11.6 Å². The summed E-state index contributed by atoms with van der Waals surface area (Å²) in [4.78, 5) is 26.1. The van der Waals surface area contributed by atoms with Gasteiger partial charge in [-0.15, -0.1) is 0 Å². The van der Waals surface area contributed by atoms with Crippen LogP contribution in [-0.2, 0) is 22.6 Å². The van der Waals surface area contributed by atoms with Crippen LogP contribution < -0.4 is 9.47 Å². The highest BCUT2D eigenvalue weighted by Gasteiger charge is 2.35. The predicted octanol–water partition coefficient (Wildman–Crippen LogP) is 5.35. The van der Waals surface area contributed by atoms with Crippen molar-refractivity contribution in [1.82, 2.24) is 0 Å². The van der Waals surface area contributed by atoms with Gasteiger partial charge in [0, 0.05) is 22.7 Å². The summed E-state index contributed by atoms with van der Waals surface area (Å²) in [5.41, 5.74) is 3.20. The van der Waals surface area contributed by atoms with E-state index in [1.54, 1.807) is 19.2 Å². The molecule has 0 heterocycles. The van der Waals surface area contributed by atoms with Gasteiger partial charge in [0.05, 0.1) is 31.8 Å². The summed E-state index contributed by atoms with van der Waals surface area (Å²) in [6.45, 7) is 2.26. The third kappa shape index (κ3) is 3.98. The molecule has 0 amide bonds. The van der Waals surface area contributed by atoms with Gasteiger partial charge < -0.3 is 14.2 Å². The molecule has 0 N–H and O–H groups in total. The van der Waals surface area contributed by atoms with Crippen LogP contribution >= 0.6 is 11.6 Å². The van der Waals surface area contributed by atoms with E-state index >= 15 is 0 Å². The third-order valence-electron chi connectivity index (χ3n) is 6.10. The fourth-order valence-electron chi connectivity index (χ4n) is 4.51. The molecule has 0 spiro atoms. The molecule has 0 fully saturated rings. The van der Waals surface area contributed by atoms with E-state index in [2.05, 4.69) is 0 Å². The highest BCUT2D eigenvalue weighted by atomic mass is 35.5. The Kier molecular flexibility index (Phi) is 6.49. The molecule has 32 heavy (non-hydrogen) atoms. The van der Waals surface area contributed by atoms with Crippen LogP contribution in [0.25, 0.3) is 10.8 Å². The zero-order valence-electron chi connectivity index (χ0n) is 18.4. The summed E-state index contributed by atoms with van der Waals surface area (Å²) >= 11 is 6.54. The van der Waals surface area contributed by atoms with E-state index in [1.807, 2.05) is 37.3 Å². The molecule has 0 saturated carbocycles. The zero-order valence-corrected chi connectivity index (χ0v) is 19.1. The Hall–Kier alpha value is -2.89. The number of ether oxygens (including phenoxy) is 3. The van der Waals surface area contributed by atoms with E-state index in [9.17, 15) is 9.59 Å². The first-order valence-corrected chi connectivity index (χ1v) is 10.9. The Labute approximate surface area is 192 Å². The number of ketones is 2. The topological polar surface area (TPSA) is 61.8 Å². The van der Waals surface area contributed by atoms with E-state index in [-0.39, 0.29) is 24.6 Å². The number of Topliss-reactive ketones (excluding diaryl/α,β-unsaturated/α-hetero) is 2. The molecular weight excluding hydrogens is 428 g/mol. The Morgan fingerprint density at radius 1 is 1.03 bits per heavy atom. The molecule has 0 saturated heterocycles. The smallest absolute Gasteiger partial charge is 0.167 e. The number of carbonyl (C=O) groups is 2. The Morgan fingerprint density at radius 2 is 1.78 bits per heavy atom. The first-order chi connectivity index (χ1) is 15.5. The van der Waals surface area contributed by atoms with Crippen LogP contribution in [0.15, 0.2) is 42.5 Å². The van der Waals surface area contributed by atoms with Gasteiger partial charge in [-0.3, -0.25) is 9.59 Å². The van der Waals surface area contributed by atoms with Crippen molar-refractivity contribution in [3.8, 4) is 11.5 Å². The van der Waals surface area contributed by atoms with Crippen molar-refractivity contribution < 1.29 is 23.8 Å². The summed E-state index contributed by atoms with van der Waals surface area (Å²) < 4.78 is 16.8. The van der Waals surface area contributed by atoms with Crippen molar-refractivity contribution in [2.24, 2.45) is 5.92 Å². The Morgan fingerprint density at radius 3 is 2.47 bits per heavy atom. The maximum Gasteiger partial charge on any atom is 0.167 e. The molecule has 3 aromatic carbocycles. The van der Waals surface area contributed by atoms with Crippen LogP contribution in [0.4, 0.5) is 0 Å². The van der Waals surface area contributed by atoms with Gasteiger partial charge in [-0.1, -0.05) is 41.9 Å². The number of benzene rings is 3. The Balaban J connectivity index is 1.66. The molecule has 6 heteroatoms. The number of rotatable bonds is 7. The van der Waals surface area contributed by atoms with Gasteiger partial charge in [-0.05, 0) is 42.2 Å². The number of hydrogen-bond donors (Lipinski definition) is 0. The lowest BCUT2D eigenvalue weighted by Crippen LogP contribution is -2.30. The lowest BCUT2D eigenvalue weighted by atomic mass is 9.77. The molecule has 0 aromatic heterocycles. The van der Waals surface area contributed by atoms with Gasteiger partial charge in [0.2, 0.25) is 0 Å². The van der Waals surface area contributed by atoms with Crippen molar-refractivity contribution in [2.75, 3.05) is 20.8 Å². The van der Waals surface area contributed by atoms with E-state index in [0.717, 1.165) is 22.1 Å². The molecule has 1 aliphatic carbocycles. The Bertz CT molecular complexity index is 1190. The predicted molar refractivity (Wildman–Crippen MR) is 124 cm³/mol. The SMILES string of the molecule is COc1ccc(Cl)c2c(C)c3c(c(OC)c12)C(=O)C[C@@H](C(=O)COCc1ccccc1)C3. The molecule has 166 valence electrons. The van der Waals surface area contributed by atoms with Gasteiger partial charge >= 0.3 is 0 Å². The molecule has 0 unspecified atom stereocenters. The van der Waals surface area contributed by atoms with Crippen LogP contribution in [0.1, 0.15) is 33.5 Å². The average Bonchev–Trinajstić information content (AvgIpc) is 2.80. The lowest BCUT2D eigenvalue weighted by Gasteiger charge is -2.28. The van der Waals surface area contributed by atoms with Gasteiger partial charge in [-0.25, -0.2) is 0 Å². The van der Waals surface area contributed by atoms with Crippen molar-refractivity contribution in [3.63, 3.8) is 0 Å². The molecule has 1 aliphatic rings. The maximum absolute atomic E-state index is 13.2. The van der Waals surface area contributed by atoms with E-state index < -0.39 is 5.92 Å². The molecule has 0 aliphatic heterocycles. The summed E-state index contributed by atoms with van der Waals surface area (Å²) in [7, 11) is 3.11. The highest BCUT2D eigenvalue weighted by Crippen LogP contribution is 2.46. The monoisotopic (exact) mass is 452 g/mol. The lowest BCUT2D eigenvalue weighted by molar-refractivity contribution is -0.128. The minimum atomic E-state index is -0.434. The van der Waals surface area contributed by atoms with Crippen molar-refractivity contribution in [2.45, 2.75) is 26.4 Å². The second-order valence-corrected chi connectivity index (χ2v) is 8.39. The summed E-state index contributed by atoms with van der Waals surface area (Å²) in [5, 5.41) is 2.01. The number of fused-ring (bicyclic) bond motifs is 2. The number of methoxy groups -OCH3 is 2. The van der Waals surface area contributed by atoms with Crippen molar-refractivity contribution in [3.05, 3.63) is 69.7 Å². The highest BCUT2D eigenvalue weighted by molar-refractivity contribution is 6.36. The normalized spacial score (nSPS) is 15.5. The first-order valence-electron chi connectivity index (χ1n) is 10.5. The fourth-order valence-corrected chi connectivity index (χ4v) is 4.81. The number of hydrogen-bond acceptors (Lipinski definition) is 5. The fraction of sp³-hybridized carbons (Fsp3) is 0.308. The number of aryl methyl sites for hydroxylation is 1. The minimum Gasteiger partial charge on any atom is -0.496 e. The van der Waals surface area contributed by atoms with Crippen LogP contribution in [0.5, 0.6) is 11.5 Å². The van der Waals surface area contributed by atoms with Crippen molar-refractivity contribution >= 4 is 33.9 Å². The molecule has 3 aromatic rings. The van der Waals surface area contributed by atoms with Gasteiger partial charge in [0.25, 0.3) is 0 Å². The third-order valence-corrected chi connectivity index (χ3v) is 6.41. The summed E-state index contributed by atoms with van der Waals surface area (Å²) in [6, 6.07) is 13.2. The molecule has 0 bridgehead atoms. The van der Waals surface area contributed by atoms with E-state index in [4.69, 9.17) is 25.8 Å². The number of carbonyl (C=O) groups excluding carboxylic acids is 2. The zero-order chi connectivity index (χ0) is 22.8. The molecule has 5 nitrogen and oxygen atoms in total. The molecule has 4 rings (SSSR count). The summed E-state index contributed by atoms with van der Waals surface area (Å²) in [5.74, 6) is 0.423. The first kappa shape index (κ1) is 22.3.